The molecule has 0 bridgehead atoms. The largest absolute Gasteiger partial charge is 0.379 e. The van der Waals surface area contributed by atoms with E-state index in [4.69, 9.17) is 0 Å². The molecule has 0 spiro atoms. The van der Waals surface area contributed by atoms with Crippen molar-refractivity contribution < 1.29 is 0 Å². The van der Waals surface area contributed by atoms with Crippen LogP contribution < -0.4 is 5.32 Å². The van der Waals surface area contributed by atoms with Crippen molar-refractivity contribution in [3.63, 3.8) is 0 Å². The molecule has 0 saturated heterocycles. The number of allylic oxidation sites excluding steroid dienone is 7. The summed E-state index contributed by atoms with van der Waals surface area (Å²) in [6.45, 7) is 6.17. The molecule has 1 aliphatic carbocycles. The minimum absolute atomic E-state index is 0.434. The average molecular weight is 241 g/mol. The van der Waals surface area contributed by atoms with Crippen LogP contribution in [0.15, 0.2) is 60.4 Å². The first-order valence-electron chi connectivity index (χ1n) is 6.94. The van der Waals surface area contributed by atoms with Crippen molar-refractivity contribution in [1.82, 2.24) is 5.32 Å². The fourth-order valence-electron chi connectivity index (χ4n) is 2.60. The van der Waals surface area contributed by atoms with Gasteiger partial charge in [0.25, 0.3) is 0 Å². The van der Waals surface area contributed by atoms with Gasteiger partial charge in [0.1, 0.15) is 0 Å². The molecule has 1 heteroatoms. The Balaban J connectivity index is 2.22. The van der Waals surface area contributed by atoms with Gasteiger partial charge in [0.2, 0.25) is 0 Å². The second-order valence-corrected chi connectivity index (χ2v) is 5.03. The molecule has 2 atom stereocenters. The molecule has 1 heterocycles. The summed E-state index contributed by atoms with van der Waals surface area (Å²) in [5, 5.41) is 3.68. The standard InChI is InChI=1S/C17H23N/c1-3-5-10-16-13-14(4-2)12-15-9-7-6-8-11-17(15)18-16/h4-8,10-11,14,16,18H,2-3,9,12-13H2,1H3/b10-5-. The van der Waals surface area contributed by atoms with Crippen molar-refractivity contribution in [2.75, 3.05) is 0 Å². The molecule has 0 radical (unpaired) electrons. The van der Waals surface area contributed by atoms with Crippen LogP contribution in [-0.4, -0.2) is 6.04 Å². The summed E-state index contributed by atoms with van der Waals surface area (Å²) in [4.78, 5) is 0. The maximum atomic E-state index is 3.99. The van der Waals surface area contributed by atoms with Crippen LogP contribution in [-0.2, 0) is 0 Å². The summed E-state index contributed by atoms with van der Waals surface area (Å²) in [7, 11) is 0. The van der Waals surface area contributed by atoms with Gasteiger partial charge < -0.3 is 5.32 Å². The lowest BCUT2D eigenvalue weighted by Gasteiger charge is -2.16. The van der Waals surface area contributed by atoms with Crippen LogP contribution in [0.2, 0.25) is 0 Å². The van der Waals surface area contributed by atoms with Crippen molar-refractivity contribution in [2.45, 2.75) is 38.6 Å². The average Bonchev–Trinajstić information content (AvgIpc) is 2.68. The first-order chi connectivity index (χ1) is 8.83. The van der Waals surface area contributed by atoms with E-state index in [0.717, 1.165) is 25.7 Å². The van der Waals surface area contributed by atoms with Crippen LogP contribution in [0.3, 0.4) is 0 Å². The molecule has 0 saturated carbocycles. The highest BCUT2D eigenvalue weighted by Gasteiger charge is 2.20. The van der Waals surface area contributed by atoms with Gasteiger partial charge in [-0.2, -0.15) is 0 Å². The molecule has 1 aliphatic heterocycles. The minimum Gasteiger partial charge on any atom is -0.379 e. The predicted molar refractivity (Wildman–Crippen MR) is 79.2 cm³/mol. The normalized spacial score (nSPS) is 27.6. The molecule has 96 valence electrons. The molecule has 1 N–H and O–H groups in total. The SMILES string of the molecule is C=CC1CC2=C(C=CC=CC2)NC(/C=C\CC)C1. The van der Waals surface area contributed by atoms with E-state index >= 15 is 0 Å². The third-order valence-corrected chi connectivity index (χ3v) is 3.60. The molecule has 2 aliphatic rings. The van der Waals surface area contributed by atoms with Crippen molar-refractivity contribution in [1.29, 1.82) is 0 Å². The Morgan fingerprint density at radius 3 is 3.11 bits per heavy atom. The summed E-state index contributed by atoms with van der Waals surface area (Å²) in [5.74, 6) is 0.580. The maximum absolute atomic E-state index is 3.99. The molecule has 2 rings (SSSR count). The summed E-state index contributed by atoms with van der Waals surface area (Å²) < 4.78 is 0. The quantitative estimate of drug-likeness (QED) is 0.727. The molecule has 2 unspecified atom stereocenters. The Hall–Kier alpha value is -1.50. The molecule has 1 nitrogen and oxygen atoms in total. The van der Waals surface area contributed by atoms with Crippen molar-refractivity contribution in [3.05, 3.63) is 60.4 Å². The van der Waals surface area contributed by atoms with E-state index in [1.165, 1.54) is 11.3 Å². The minimum atomic E-state index is 0.434. The Morgan fingerprint density at radius 2 is 2.33 bits per heavy atom. The number of nitrogens with one attached hydrogen (secondary N) is 1. The zero-order chi connectivity index (χ0) is 12.8. The zero-order valence-electron chi connectivity index (χ0n) is 11.2. The molecule has 0 aromatic rings. The topological polar surface area (TPSA) is 12.0 Å². The van der Waals surface area contributed by atoms with E-state index < -0.39 is 0 Å². The van der Waals surface area contributed by atoms with Gasteiger partial charge in [-0.25, -0.2) is 0 Å². The molecule has 0 aromatic carbocycles. The smallest absolute Gasteiger partial charge is 0.0450 e. The van der Waals surface area contributed by atoms with Gasteiger partial charge in [-0.15, -0.1) is 6.58 Å². The monoisotopic (exact) mass is 241 g/mol. The van der Waals surface area contributed by atoms with Crippen LogP contribution in [0.1, 0.15) is 32.6 Å². The third kappa shape index (κ3) is 3.25. The van der Waals surface area contributed by atoms with Crippen LogP contribution in [0.4, 0.5) is 0 Å². The summed E-state index contributed by atoms with van der Waals surface area (Å²) in [5.41, 5.74) is 2.83. The van der Waals surface area contributed by atoms with Crippen molar-refractivity contribution in [3.8, 4) is 0 Å². The first-order valence-corrected chi connectivity index (χ1v) is 6.94. The van der Waals surface area contributed by atoms with E-state index in [9.17, 15) is 0 Å². The van der Waals surface area contributed by atoms with E-state index in [1.54, 1.807) is 0 Å². The second kappa shape index (κ2) is 6.44. The predicted octanol–water partition coefficient (Wildman–Crippen LogP) is 4.28. The lowest BCUT2D eigenvalue weighted by Crippen LogP contribution is -2.26. The van der Waals surface area contributed by atoms with E-state index in [1.807, 2.05) is 0 Å². The van der Waals surface area contributed by atoms with Crippen molar-refractivity contribution in [2.24, 2.45) is 5.92 Å². The highest BCUT2D eigenvalue weighted by atomic mass is 14.9. The summed E-state index contributed by atoms with van der Waals surface area (Å²) in [6.07, 6.45) is 19.8. The Morgan fingerprint density at radius 1 is 1.44 bits per heavy atom. The lowest BCUT2D eigenvalue weighted by atomic mass is 9.93. The van der Waals surface area contributed by atoms with Gasteiger partial charge in [-0.1, -0.05) is 43.4 Å². The molecule has 18 heavy (non-hydrogen) atoms. The Kier molecular flexibility index (Phi) is 4.63. The summed E-state index contributed by atoms with van der Waals surface area (Å²) >= 11 is 0. The summed E-state index contributed by atoms with van der Waals surface area (Å²) in [6, 6.07) is 0.434. The van der Waals surface area contributed by atoms with E-state index in [-0.39, 0.29) is 0 Å². The fraction of sp³-hybridized carbons (Fsp3) is 0.412. The third-order valence-electron chi connectivity index (χ3n) is 3.60. The van der Waals surface area contributed by atoms with Gasteiger partial charge in [0, 0.05) is 11.7 Å². The van der Waals surface area contributed by atoms with Gasteiger partial charge in [0.05, 0.1) is 0 Å². The van der Waals surface area contributed by atoms with Crippen molar-refractivity contribution >= 4 is 0 Å². The van der Waals surface area contributed by atoms with Gasteiger partial charge in [0.15, 0.2) is 0 Å². The van der Waals surface area contributed by atoms with Gasteiger partial charge in [-0.3, -0.25) is 0 Å². The van der Waals surface area contributed by atoms with E-state index in [2.05, 4.69) is 61.4 Å². The number of hydrogen-bond donors (Lipinski definition) is 1. The molecule has 0 aromatic heterocycles. The van der Waals surface area contributed by atoms with Crippen LogP contribution in [0.5, 0.6) is 0 Å². The lowest BCUT2D eigenvalue weighted by molar-refractivity contribution is 0.530. The Bertz CT molecular complexity index is 409. The first kappa shape index (κ1) is 12.9. The van der Waals surface area contributed by atoms with Crippen LogP contribution in [0, 0.1) is 5.92 Å². The van der Waals surface area contributed by atoms with Crippen LogP contribution >= 0.6 is 0 Å². The molecular weight excluding hydrogens is 218 g/mol. The highest BCUT2D eigenvalue weighted by Crippen LogP contribution is 2.28. The molecule has 0 fully saturated rings. The van der Waals surface area contributed by atoms with E-state index in [0.29, 0.717) is 12.0 Å². The van der Waals surface area contributed by atoms with Gasteiger partial charge >= 0.3 is 0 Å². The maximum Gasteiger partial charge on any atom is 0.0450 e. The molecule has 0 amide bonds. The number of rotatable bonds is 3. The Labute approximate surface area is 111 Å². The molecular formula is C17H23N. The fourth-order valence-corrected chi connectivity index (χ4v) is 2.60. The second-order valence-electron chi connectivity index (χ2n) is 5.03. The highest BCUT2D eigenvalue weighted by molar-refractivity contribution is 5.34. The zero-order valence-corrected chi connectivity index (χ0v) is 11.2. The number of hydrogen-bond acceptors (Lipinski definition) is 1. The van der Waals surface area contributed by atoms with Gasteiger partial charge in [-0.05, 0) is 43.3 Å². The van der Waals surface area contributed by atoms with Crippen LogP contribution in [0.25, 0.3) is 0 Å².